The number of halogens is 1. The normalized spacial score (nSPS) is 18.7. The van der Waals surface area contributed by atoms with Gasteiger partial charge in [0, 0.05) is 12.6 Å². The summed E-state index contributed by atoms with van der Waals surface area (Å²) in [5.41, 5.74) is 0.213. The maximum absolute atomic E-state index is 12.4. The van der Waals surface area contributed by atoms with Crippen molar-refractivity contribution in [3.05, 3.63) is 21.3 Å². The van der Waals surface area contributed by atoms with Gasteiger partial charge in [-0.1, -0.05) is 6.92 Å². The molecule has 21 heavy (non-hydrogen) atoms. The third-order valence-electron chi connectivity index (χ3n) is 3.94. The largest absolute Gasteiger partial charge is 0.506 e. The molecule has 0 radical (unpaired) electrons. The molecular weight excluding hydrogens is 381 g/mol. The molecule has 0 spiro atoms. The highest BCUT2D eigenvalue weighted by Gasteiger charge is 2.25. The van der Waals surface area contributed by atoms with Gasteiger partial charge < -0.3 is 15.2 Å². The van der Waals surface area contributed by atoms with Crippen LogP contribution < -0.4 is 10.1 Å². The summed E-state index contributed by atoms with van der Waals surface area (Å²) in [6.07, 6.45) is 2.27. The second kappa shape index (κ2) is 7.31. The molecule has 1 aliphatic heterocycles. The molecule has 2 N–H and O–H groups in total. The number of hydrogen-bond acceptors (Lipinski definition) is 4. The minimum absolute atomic E-state index is 0.0220. The van der Waals surface area contributed by atoms with E-state index in [9.17, 15) is 9.90 Å². The number of amides is 1. The van der Waals surface area contributed by atoms with Gasteiger partial charge in [0.1, 0.15) is 17.1 Å². The van der Waals surface area contributed by atoms with E-state index in [1.807, 2.05) is 22.6 Å². The number of nitrogens with one attached hydrogen (secondary N) is 1. The molecule has 0 bridgehead atoms. The number of hydrogen-bond donors (Lipinski definition) is 2. The Hall–Kier alpha value is -1.02. The molecule has 1 fully saturated rings. The van der Waals surface area contributed by atoms with Crippen LogP contribution in [0.1, 0.15) is 30.1 Å². The van der Waals surface area contributed by atoms with Crippen molar-refractivity contribution in [1.29, 1.82) is 0 Å². The Kier molecular flexibility index (Phi) is 5.69. The van der Waals surface area contributed by atoms with E-state index in [-0.39, 0.29) is 17.2 Å². The first kappa shape index (κ1) is 16.4. The van der Waals surface area contributed by atoms with Crippen molar-refractivity contribution < 1.29 is 14.6 Å². The number of aromatic hydroxyl groups is 1. The van der Waals surface area contributed by atoms with Crippen LogP contribution >= 0.6 is 22.6 Å². The number of ether oxygens (including phenoxy) is 1. The van der Waals surface area contributed by atoms with Crippen LogP contribution in [0.5, 0.6) is 11.5 Å². The number of rotatable bonds is 5. The third-order valence-corrected chi connectivity index (χ3v) is 4.81. The molecule has 0 aromatic heterocycles. The fourth-order valence-electron chi connectivity index (χ4n) is 2.78. The summed E-state index contributed by atoms with van der Waals surface area (Å²) in [7, 11) is 1.49. The van der Waals surface area contributed by atoms with Gasteiger partial charge in [0.25, 0.3) is 5.91 Å². The van der Waals surface area contributed by atoms with Crippen LogP contribution in [0.3, 0.4) is 0 Å². The first-order chi connectivity index (χ1) is 10.1. The first-order valence-electron chi connectivity index (χ1n) is 7.16. The number of methoxy groups -OCH3 is 1. The number of likely N-dealkylation sites (tertiary alicyclic amines) is 1. The van der Waals surface area contributed by atoms with E-state index in [4.69, 9.17) is 4.74 Å². The quantitative estimate of drug-likeness (QED) is 0.742. The number of benzene rings is 1. The first-order valence-corrected chi connectivity index (χ1v) is 8.24. The van der Waals surface area contributed by atoms with Crippen LogP contribution in [0.4, 0.5) is 0 Å². The number of phenolic OH excluding ortho intramolecular Hbond substituents is 1. The Labute approximate surface area is 138 Å². The number of likely N-dealkylation sites (N-methyl/N-ethyl adjacent to an activating group) is 1. The van der Waals surface area contributed by atoms with E-state index in [1.54, 1.807) is 12.1 Å². The third kappa shape index (κ3) is 3.60. The molecule has 1 unspecified atom stereocenters. The number of nitrogens with zero attached hydrogens (tertiary/aromatic N) is 1. The van der Waals surface area contributed by atoms with Gasteiger partial charge in [-0.3, -0.25) is 9.69 Å². The number of carbonyl (C=O) groups is 1. The zero-order chi connectivity index (χ0) is 15.4. The molecule has 0 aliphatic carbocycles. The summed E-state index contributed by atoms with van der Waals surface area (Å²) < 4.78 is 5.82. The number of carbonyl (C=O) groups excluding carboxylic acids is 1. The molecule has 5 nitrogen and oxygen atoms in total. The second-order valence-corrected chi connectivity index (χ2v) is 6.27. The van der Waals surface area contributed by atoms with Crippen molar-refractivity contribution >= 4 is 28.5 Å². The van der Waals surface area contributed by atoms with Gasteiger partial charge >= 0.3 is 0 Å². The van der Waals surface area contributed by atoms with Crippen LogP contribution in [0, 0.1) is 3.57 Å². The monoisotopic (exact) mass is 402 g/mol. The van der Waals surface area contributed by atoms with Gasteiger partial charge in [0.2, 0.25) is 0 Å². The molecule has 1 aromatic rings. The minimum Gasteiger partial charge on any atom is -0.506 e. The molecule has 1 aromatic carbocycles. The second-order valence-electron chi connectivity index (χ2n) is 5.11. The van der Waals surface area contributed by atoms with E-state index in [2.05, 4.69) is 17.1 Å². The van der Waals surface area contributed by atoms with E-state index >= 15 is 0 Å². The summed E-state index contributed by atoms with van der Waals surface area (Å²) in [4.78, 5) is 14.7. The Morgan fingerprint density at radius 3 is 3.00 bits per heavy atom. The zero-order valence-electron chi connectivity index (χ0n) is 12.4. The van der Waals surface area contributed by atoms with Crippen LogP contribution in [0.25, 0.3) is 0 Å². The van der Waals surface area contributed by atoms with Crippen LogP contribution in [-0.2, 0) is 0 Å². The zero-order valence-corrected chi connectivity index (χ0v) is 14.5. The average molecular weight is 402 g/mol. The predicted molar refractivity (Wildman–Crippen MR) is 90.0 cm³/mol. The molecule has 1 aliphatic rings. The summed E-state index contributed by atoms with van der Waals surface area (Å²) in [5.74, 6) is 0.0845. The molecule has 1 atom stereocenters. The van der Waals surface area contributed by atoms with Crippen molar-refractivity contribution in [1.82, 2.24) is 10.2 Å². The molecule has 1 heterocycles. The molecule has 2 rings (SSSR count). The lowest BCUT2D eigenvalue weighted by Gasteiger charge is -2.23. The summed E-state index contributed by atoms with van der Waals surface area (Å²) in [6.45, 7) is 4.82. The molecule has 6 heteroatoms. The van der Waals surface area contributed by atoms with Gasteiger partial charge in [-0.25, -0.2) is 0 Å². The van der Waals surface area contributed by atoms with Gasteiger partial charge in [-0.15, -0.1) is 0 Å². The van der Waals surface area contributed by atoms with Crippen molar-refractivity contribution in [2.75, 3.05) is 26.7 Å². The standard InChI is InChI=1S/C15H21IN2O3/c1-3-18-8-4-5-10(18)9-17-15(20)13-12(21-2)7-6-11(16)14(13)19/h6-7,10,19H,3-5,8-9H2,1-2H3,(H,17,20)/i16-2. The van der Waals surface area contributed by atoms with Crippen molar-refractivity contribution in [3.8, 4) is 11.5 Å². The fourth-order valence-corrected chi connectivity index (χ4v) is 3.23. The molecule has 0 saturated carbocycles. The highest BCUT2D eigenvalue weighted by molar-refractivity contribution is 14.1. The van der Waals surface area contributed by atoms with E-state index in [1.165, 1.54) is 13.5 Å². The minimum atomic E-state index is -0.286. The molecule has 1 saturated heterocycles. The van der Waals surface area contributed by atoms with Crippen LogP contribution in [-0.4, -0.2) is 48.7 Å². The smallest absolute Gasteiger partial charge is 0.258 e. The predicted octanol–water partition coefficient (Wildman–Crippen LogP) is 2.22. The Morgan fingerprint density at radius 1 is 1.57 bits per heavy atom. The molecule has 116 valence electrons. The van der Waals surface area contributed by atoms with Gasteiger partial charge in [0.15, 0.2) is 0 Å². The summed E-state index contributed by atoms with van der Waals surface area (Å²) in [6, 6.07) is 3.81. The van der Waals surface area contributed by atoms with Gasteiger partial charge in [0.05, 0.1) is 10.7 Å². The highest BCUT2D eigenvalue weighted by Crippen LogP contribution is 2.32. The lowest BCUT2D eigenvalue weighted by Crippen LogP contribution is -2.40. The van der Waals surface area contributed by atoms with Gasteiger partial charge in [-0.05, 0) is 60.7 Å². The summed E-state index contributed by atoms with van der Waals surface area (Å²) >= 11 is 2.00. The van der Waals surface area contributed by atoms with E-state index in [0.29, 0.717) is 21.9 Å². The maximum atomic E-state index is 12.4. The lowest BCUT2D eigenvalue weighted by molar-refractivity contribution is 0.0935. The highest BCUT2D eigenvalue weighted by atomic mass is 125. The summed E-state index contributed by atoms with van der Waals surface area (Å²) in [5, 5.41) is 13.0. The Bertz CT molecular complexity index is 522. The lowest BCUT2D eigenvalue weighted by atomic mass is 10.1. The van der Waals surface area contributed by atoms with E-state index < -0.39 is 0 Å². The fraction of sp³-hybridized carbons (Fsp3) is 0.533. The van der Waals surface area contributed by atoms with Gasteiger partial charge in [-0.2, -0.15) is 0 Å². The van der Waals surface area contributed by atoms with Crippen molar-refractivity contribution in [2.24, 2.45) is 0 Å². The Morgan fingerprint density at radius 2 is 2.33 bits per heavy atom. The van der Waals surface area contributed by atoms with Crippen LogP contribution in [0.15, 0.2) is 12.1 Å². The SMILES string of the molecule is CCN1CCCC1CNC(=O)c1c(OC)ccc([125I])c1O. The topological polar surface area (TPSA) is 61.8 Å². The van der Waals surface area contributed by atoms with Crippen LogP contribution in [0.2, 0.25) is 0 Å². The van der Waals surface area contributed by atoms with Crippen molar-refractivity contribution in [3.63, 3.8) is 0 Å². The molecular formula is C15H21IN2O3. The Balaban J connectivity index is 2.08. The average Bonchev–Trinajstić information content (AvgIpc) is 2.94. The maximum Gasteiger partial charge on any atom is 0.258 e. The molecule has 1 amide bonds. The number of phenols is 1. The van der Waals surface area contributed by atoms with Crippen molar-refractivity contribution in [2.45, 2.75) is 25.8 Å². The van der Waals surface area contributed by atoms with E-state index in [0.717, 1.165) is 19.5 Å².